The lowest BCUT2D eigenvalue weighted by Gasteiger charge is -2.19. The van der Waals surface area contributed by atoms with Crippen molar-refractivity contribution in [2.75, 3.05) is 6.23 Å². The van der Waals surface area contributed by atoms with Crippen molar-refractivity contribution in [3.05, 3.63) is 0 Å². The Balaban J connectivity index is 1.70. The summed E-state index contributed by atoms with van der Waals surface area (Å²) in [6.45, 7) is 2.30. The molecule has 0 N–H and O–H groups in total. The SMILES string of the molecule is CCCCCCCCCCCCCC[SiH]1CO[SiH2][SiH2][SiH2]1. The van der Waals surface area contributed by atoms with Gasteiger partial charge in [-0.1, -0.05) is 90.0 Å². The van der Waals surface area contributed by atoms with E-state index in [0.717, 1.165) is 0 Å². The summed E-state index contributed by atoms with van der Waals surface area (Å²) in [6.07, 6.45) is 19.2. The third kappa shape index (κ3) is 11.5. The van der Waals surface area contributed by atoms with Crippen molar-refractivity contribution < 1.29 is 4.43 Å². The molecule has 120 valence electrons. The maximum atomic E-state index is 5.84. The molecule has 5 heteroatoms. The lowest BCUT2D eigenvalue weighted by molar-refractivity contribution is 0.416. The summed E-state index contributed by atoms with van der Waals surface area (Å²) in [7, 11) is 1.06. The second kappa shape index (κ2) is 14.8. The van der Waals surface area contributed by atoms with E-state index in [9.17, 15) is 0 Å². The molecule has 1 atom stereocenters. The number of hydrogen-bond acceptors (Lipinski definition) is 1. The average Bonchev–Trinajstić information content (AvgIpc) is 2.49. The second-order valence-corrected chi connectivity index (χ2v) is 31.6. The highest BCUT2D eigenvalue weighted by atomic mass is 29.7. The Morgan fingerprint density at radius 3 is 1.85 bits per heavy atom. The Kier molecular flexibility index (Phi) is 13.9. The standard InChI is InChI=1S/C15H38OSi4/c1-2-3-4-5-6-7-8-9-10-11-12-13-14-20-15-16-17-18-19-20/h20H,2-15,17-19H2,1H3. The Hall–Kier alpha value is 0.828. The molecule has 1 rings (SSSR count). The molecule has 0 aromatic rings. The Labute approximate surface area is 135 Å². The number of rotatable bonds is 13. The minimum atomic E-state index is -0.197. The van der Waals surface area contributed by atoms with E-state index in [0.29, 0.717) is 17.1 Å². The number of unbranched alkanes of at least 4 members (excludes halogenated alkanes) is 11. The molecule has 0 saturated carbocycles. The van der Waals surface area contributed by atoms with Crippen LogP contribution in [-0.2, 0) is 4.43 Å². The van der Waals surface area contributed by atoms with Gasteiger partial charge in [-0.15, -0.1) is 0 Å². The molecule has 1 aliphatic rings. The van der Waals surface area contributed by atoms with Gasteiger partial charge in [0, 0.05) is 23.3 Å². The fourth-order valence-electron chi connectivity index (χ4n) is 3.31. The smallest absolute Gasteiger partial charge is 0.139 e. The van der Waals surface area contributed by atoms with Crippen molar-refractivity contribution in [3.8, 4) is 0 Å². The van der Waals surface area contributed by atoms with Gasteiger partial charge < -0.3 is 4.43 Å². The van der Waals surface area contributed by atoms with Crippen molar-refractivity contribution in [2.24, 2.45) is 0 Å². The summed E-state index contributed by atoms with van der Waals surface area (Å²) < 4.78 is 5.84. The largest absolute Gasteiger partial charge is 0.432 e. The fourth-order valence-corrected chi connectivity index (χ4v) is 48.5. The quantitative estimate of drug-likeness (QED) is 0.367. The summed E-state index contributed by atoms with van der Waals surface area (Å²) in [5.41, 5.74) is 0. The van der Waals surface area contributed by atoms with Crippen molar-refractivity contribution in [1.82, 2.24) is 0 Å². The summed E-state index contributed by atoms with van der Waals surface area (Å²) in [4.78, 5) is 0. The Morgan fingerprint density at radius 2 is 1.35 bits per heavy atom. The van der Waals surface area contributed by atoms with E-state index < -0.39 is 0 Å². The van der Waals surface area contributed by atoms with Crippen molar-refractivity contribution >= 4 is 34.7 Å². The van der Waals surface area contributed by atoms with Crippen LogP contribution < -0.4 is 0 Å². The third-order valence-corrected chi connectivity index (χ3v) is 41.1. The molecule has 0 amide bonds. The molecule has 1 nitrogen and oxygen atoms in total. The molecule has 1 fully saturated rings. The molecule has 1 saturated heterocycles. The molecule has 20 heavy (non-hydrogen) atoms. The van der Waals surface area contributed by atoms with Crippen LogP contribution in [0.4, 0.5) is 0 Å². The maximum absolute atomic E-state index is 5.84. The monoisotopic (exact) mass is 346 g/mol. The van der Waals surface area contributed by atoms with Crippen LogP contribution in [0.3, 0.4) is 0 Å². The van der Waals surface area contributed by atoms with E-state index in [-0.39, 0.29) is 17.6 Å². The van der Waals surface area contributed by atoms with Gasteiger partial charge in [0.1, 0.15) is 9.28 Å². The van der Waals surface area contributed by atoms with E-state index in [2.05, 4.69) is 6.92 Å². The van der Waals surface area contributed by atoms with Gasteiger partial charge in [-0.2, -0.15) is 0 Å². The van der Waals surface area contributed by atoms with Gasteiger partial charge in [0.15, 0.2) is 0 Å². The van der Waals surface area contributed by atoms with Gasteiger partial charge in [-0.25, -0.2) is 0 Å². The highest BCUT2D eigenvalue weighted by molar-refractivity contribution is 7.48. The minimum Gasteiger partial charge on any atom is -0.432 e. The Bertz CT molecular complexity index is 198. The van der Waals surface area contributed by atoms with Crippen LogP contribution in [0.1, 0.15) is 84.0 Å². The van der Waals surface area contributed by atoms with E-state index in [4.69, 9.17) is 4.43 Å². The van der Waals surface area contributed by atoms with Gasteiger partial charge in [0.25, 0.3) is 0 Å². The van der Waals surface area contributed by atoms with Crippen LogP contribution in [0.15, 0.2) is 0 Å². The first kappa shape index (κ1) is 18.9. The molecule has 1 aliphatic heterocycles. The molecule has 0 aliphatic carbocycles. The Morgan fingerprint density at radius 1 is 0.800 bits per heavy atom. The third-order valence-electron chi connectivity index (χ3n) is 4.72. The average molecular weight is 347 g/mol. The van der Waals surface area contributed by atoms with Crippen molar-refractivity contribution in [3.63, 3.8) is 0 Å². The molecule has 1 heterocycles. The first-order valence-electron chi connectivity index (χ1n) is 9.51. The summed E-state index contributed by atoms with van der Waals surface area (Å²) in [6, 6.07) is 1.67. The fraction of sp³-hybridized carbons (Fsp3) is 1.00. The van der Waals surface area contributed by atoms with Crippen molar-refractivity contribution in [2.45, 2.75) is 90.0 Å². The minimum absolute atomic E-state index is 0.160. The van der Waals surface area contributed by atoms with E-state index in [1.807, 2.05) is 0 Å². The van der Waals surface area contributed by atoms with Gasteiger partial charge in [-0.05, 0) is 0 Å². The molecule has 0 spiro atoms. The van der Waals surface area contributed by atoms with Crippen LogP contribution in [0.25, 0.3) is 0 Å². The van der Waals surface area contributed by atoms with E-state index >= 15 is 0 Å². The summed E-state index contributed by atoms with van der Waals surface area (Å²) in [5.74, 6) is 0. The summed E-state index contributed by atoms with van der Waals surface area (Å²) >= 11 is 0. The van der Waals surface area contributed by atoms with Crippen molar-refractivity contribution in [1.29, 1.82) is 0 Å². The van der Waals surface area contributed by atoms with Crippen LogP contribution in [-0.4, -0.2) is 40.9 Å². The van der Waals surface area contributed by atoms with Crippen LogP contribution in [0.2, 0.25) is 6.04 Å². The van der Waals surface area contributed by atoms with Gasteiger partial charge in [0.05, 0.1) is 8.31 Å². The zero-order valence-electron chi connectivity index (χ0n) is 14.0. The second-order valence-electron chi connectivity index (χ2n) is 6.76. The van der Waals surface area contributed by atoms with Gasteiger partial charge in [0.2, 0.25) is 0 Å². The van der Waals surface area contributed by atoms with Crippen LogP contribution in [0, 0.1) is 0 Å². The molecule has 0 radical (unpaired) electrons. The lowest BCUT2D eigenvalue weighted by Crippen LogP contribution is -2.41. The highest BCUT2D eigenvalue weighted by Gasteiger charge is 2.15. The molecule has 0 bridgehead atoms. The molecular formula is C15H38OSi4. The topological polar surface area (TPSA) is 9.23 Å². The molecular weight excluding hydrogens is 309 g/mol. The zero-order chi connectivity index (χ0) is 14.3. The first-order chi connectivity index (χ1) is 9.93. The maximum Gasteiger partial charge on any atom is 0.139 e. The summed E-state index contributed by atoms with van der Waals surface area (Å²) in [5, 5.41) is 0. The predicted molar refractivity (Wildman–Crippen MR) is 105 cm³/mol. The van der Waals surface area contributed by atoms with E-state index in [1.165, 1.54) is 76.9 Å². The molecule has 0 aromatic carbocycles. The first-order valence-corrected chi connectivity index (χ1v) is 23.0. The molecule has 0 aromatic heterocycles. The van der Waals surface area contributed by atoms with Crippen LogP contribution in [0.5, 0.6) is 0 Å². The van der Waals surface area contributed by atoms with Crippen LogP contribution >= 0.6 is 0 Å². The molecule has 1 unspecified atom stereocenters. The predicted octanol–water partition coefficient (Wildman–Crippen LogP) is 2.23. The zero-order valence-corrected chi connectivity index (χ0v) is 19.4. The lowest BCUT2D eigenvalue weighted by atomic mass is 10.1. The highest BCUT2D eigenvalue weighted by Crippen LogP contribution is 2.13. The number of hydrogen-bond donors (Lipinski definition) is 0. The van der Waals surface area contributed by atoms with Gasteiger partial charge >= 0.3 is 0 Å². The van der Waals surface area contributed by atoms with Gasteiger partial charge in [-0.3, -0.25) is 0 Å². The van der Waals surface area contributed by atoms with E-state index in [1.54, 1.807) is 12.5 Å². The normalized spacial score (nSPS) is 22.9.